The normalized spacial score (nSPS) is 14.6. The zero-order chi connectivity index (χ0) is 62.4. The number of nitrogens with one attached hydrogen (secondary N) is 9. The van der Waals surface area contributed by atoms with Crippen LogP contribution in [0.3, 0.4) is 0 Å². The quantitative estimate of drug-likeness (QED) is 0.0154. The van der Waals surface area contributed by atoms with Gasteiger partial charge in [-0.2, -0.15) is 0 Å². The van der Waals surface area contributed by atoms with E-state index in [2.05, 4.69) is 47.5 Å². The first kappa shape index (κ1) is 72.2. The van der Waals surface area contributed by atoms with Crippen LogP contribution in [0.15, 0.2) is 4.99 Å². The van der Waals surface area contributed by atoms with Crippen LogP contribution in [0, 0.1) is 11.8 Å². The number of aliphatic hydroxyl groups is 1. The summed E-state index contributed by atoms with van der Waals surface area (Å²) in [5, 5.41) is 68.3. The molecule has 35 heteroatoms. The van der Waals surface area contributed by atoms with Gasteiger partial charge in [-0.3, -0.25) is 72.1 Å². The molecular weight excluding hydrogens is 1080 g/mol. The fourth-order valence-electron chi connectivity index (χ4n) is 7.13. The van der Waals surface area contributed by atoms with Crippen LogP contribution in [-0.2, 0) is 71.9 Å². The van der Waals surface area contributed by atoms with Crippen LogP contribution in [0.25, 0.3) is 0 Å². The summed E-state index contributed by atoms with van der Waals surface area (Å²) in [6, 6.07) is -15.9. The van der Waals surface area contributed by atoms with Crippen molar-refractivity contribution < 1.29 is 97.5 Å². The number of primary amides is 2. The number of carbonyl (C=O) groups is 15. The first-order chi connectivity index (χ1) is 37.6. The van der Waals surface area contributed by atoms with Gasteiger partial charge in [-0.15, -0.1) is 0 Å². The molecule has 456 valence electrons. The van der Waals surface area contributed by atoms with Crippen LogP contribution in [-0.4, -0.2) is 194 Å². The second-order valence-electron chi connectivity index (χ2n) is 19.3. The van der Waals surface area contributed by atoms with E-state index in [1.807, 2.05) is 5.32 Å². The minimum atomic E-state index is -2.08. The van der Waals surface area contributed by atoms with Crippen LogP contribution in [0.5, 0.6) is 0 Å². The van der Waals surface area contributed by atoms with Gasteiger partial charge in [0.2, 0.25) is 65.0 Å². The van der Waals surface area contributed by atoms with E-state index in [9.17, 15) is 97.5 Å². The molecule has 0 fully saturated rings. The molecule has 0 rings (SSSR count). The van der Waals surface area contributed by atoms with Crippen molar-refractivity contribution in [3.63, 3.8) is 0 Å². The summed E-state index contributed by atoms with van der Waals surface area (Å²) in [6.07, 6.45) is -8.38. The molecule has 0 aliphatic heterocycles. The van der Waals surface area contributed by atoms with Gasteiger partial charge in [0.25, 0.3) is 0 Å². The van der Waals surface area contributed by atoms with Gasteiger partial charge in [-0.05, 0) is 57.3 Å². The van der Waals surface area contributed by atoms with E-state index in [-0.39, 0.29) is 37.7 Å². The minimum absolute atomic E-state index is 0.00289. The highest BCUT2D eigenvalue weighted by Gasteiger charge is 2.37. The number of guanidine groups is 1. The van der Waals surface area contributed by atoms with E-state index in [4.69, 9.17) is 28.7 Å². The van der Waals surface area contributed by atoms with Crippen molar-refractivity contribution in [3.05, 3.63) is 0 Å². The fourth-order valence-corrected chi connectivity index (χ4v) is 7.13. The van der Waals surface area contributed by atoms with Crippen molar-refractivity contribution >= 4 is 94.8 Å². The smallest absolute Gasteiger partial charge is 0.326 e. The van der Waals surface area contributed by atoms with E-state index >= 15 is 0 Å². The molecule has 0 unspecified atom stereocenters. The van der Waals surface area contributed by atoms with Gasteiger partial charge < -0.3 is 102 Å². The van der Waals surface area contributed by atoms with Crippen molar-refractivity contribution in [2.75, 3.05) is 13.1 Å². The number of carboxylic acid groups (broad SMARTS) is 4. The lowest BCUT2D eigenvalue weighted by molar-refractivity contribution is -0.143. The standard InChI is InChI=1S/C46H77N15O20/c1-19(2)15-22(47)37(72)53-18-31(65)54-28(17-34(70)71)42(77)59-27(16-30(49)64)41(76)56-24(9-12-32(66)67)38(73)55-25(10-13-33(68)69)40(75)61-36(21(5)62)44(79)57-23(8-11-29(48)63)39(74)60-35(20(3)4)43(78)58-26(45(80)81)7-6-14-52-46(50)51/h19-28,35-36,62H,6-18,47H2,1-5H3,(H2,48,63)(H2,49,64)(H,53,72)(H,54,65)(H,55,73)(H,56,76)(H,57,79)(H,58,78)(H,59,77)(H,60,74)(H,61,75)(H,66,67)(H,68,69)(H,70,71)(H,80,81)(H4,50,51,52)/t21-,22+,23+,24+,25+,26+,27+,28+,35+,36+/m1/s1. The van der Waals surface area contributed by atoms with Crippen LogP contribution in [0.4, 0.5) is 0 Å². The Balaban J connectivity index is 6.74. The molecule has 35 nitrogen and oxygen atoms in total. The first-order valence-corrected chi connectivity index (χ1v) is 25.2. The van der Waals surface area contributed by atoms with Gasteiger partial charge in [-0.25, -0.2) is 4.79 Å². The van der Waals surface area contributed by atoms with Gasteiger partial charge in [0, 0.05) is 25.8 Å². The topological polar surface area (TPSA) is 608 Å². The van der Waals surface area contributed by atoms with Crippen molar-refractivity contribution in [2.24, 2.45) is 45.5 Å². The summed E-state index contributed by atoms with van der Waals surface area (Å²) >= 11 is 0. The highest BCUT2D eigenvalue weighted by atomic mass is 16.4. The summed E-state index contributed by atoms with van der Waals surface area (Å²) in [5.74, 6) is -20.4. The molecule has 0 aliphatic rings. The zero-order valence-corrected chi connectivity index (χ0v) is 45.3. The Hall–Kier alpha value is -8.76. The minimum Gasteiger partial charge on any atom is -0.481 e. The number of nitrogens with zero attached hydrogens (tertiary/aromatic N) is 1. The summed E-state index contributed by atoms with van der Waals surface area (Å²) in [4.78, 5) is 195. The van der Waals surface area contributed by atoms with Crippen LogP contribution >= 0.6 is 0 Å². The number of amides is 11. The molecule has 0 saturated carbocycles. The third-order valence-corrected chi connectivity index (χ3v) is 11.3. The molecule has 0 aliphatic carbocycles. The van der Waals surface area contributed by atoms with Crippen molar-refractivity contribution in [1.82, 2.24) is 47.9 Å². The maximum Gasteiger partial charge on any atom is 0.326 e. The molecule has 81 heavy (non-hydrogen) atoms. The Morgan fingerprint density at radius 1 is 0.457 bits per heavy atom. The van der Waals surface area contributed by atoms with E-state index in [0.29, 0.717) is 0 Å². The molecule has 11 amide bonds. The molecule has 0 aromatic heterocycles. The highest BCUT2D eigenvalue weighted by Crippen LogP contribution is 2.11. The van der Waals surface area contributed by atoms with Crippen LogP contribution in [0.1, 0.15) is 105 Å². The molecule has 0 aromatic carbocycles. The Morgan fingerprint density at radius 2 is 0.877 bits per heavy atom. The summed E-state index contributed by atoms with van der Waals surface area (Å²) in [7, 11) is 0. The molecule has 0 aromatic rings. The Bertz CT molecular complexity index is 2310. The van der Waals surface area contributed by atoms with Crippen molar-refractivity contribution in [2.45, 2.75) is 166 Å². The molecule has 0 heterocycles. The molecule has 24 N–H and O–H groups in total. The van der Waals surface area contributed by atoms with Crippen molar-refractivity contribution in [3.8, 4) is 0 Å². The number of aliphatic hydroxyl groups excluding tert-OH is 1. The lowest BCUT2D eigenvalue weighted by Gasteiger charge is -2.29. The van der Waals surface area contributed by atoms with Gasteiger partial charge in [0.15, 0.2) is 5.96 Å². The number of carboxylic acids is 4. The number of aliphatic imine (C=N–C) groups is 1. The maximum absolute atomic E-state index is 13.9. The third kappa shape index (κ3) is 30.3. The van der Waals surface area contributed by atoms with Crippen molar-refractivity contribution in [1.29, 1.82) is 0 Å². The Labute approximate surface area is 463 Å². The predicted octanol–water partition coefficient (Wildman–Crippen LogP) is -8.13. The van der Waals surface area contributed by atoms with Gasteiger partial charge in [-0.1, -0.05) is 27.7 Å². The number of rotatable bonds is 40. The van der Waals surface area contributed by atoms with E-state index in [1.165, 1.54) is 13.8 Å². The van der Waals surface area contributed by atoms with Gasteiger partial charge in [0.1, 0.15) is 48.3 Å². The Kier molecular flexibility index (Phi) is 32.5. The highest BCUT2D eigenvalue weighted by molar-refractivity contribution is 6.00. The molecule has 0 radical (unpaired) electrons. The van der Waals surface area contributed by atoms with Crippen LogP contribution in [0.2, 0.25) is 0 Å². The molecular formula is C46H77N15O20. The second-order valence-corrected chi connectivity index (χ2v) is 19.3. The summed E-state index contributed by atoms with van der Waals surface area (Å²) < 4.78 is 0. The second kappa shape index (κ2) is 36.4. The number of hydrogen-bond donors (Lipinski definition) is 19. The number of hydrogen-bond acceptors (Lipinski definition) is 18. The summed E-state index contributed by atoms with van der Waals surface area (Å²) in [6.45, 7) is 6.72. The SMILES string of the molecule is CC(C)C[C@H](N)C(=O)NCC(=O)N[C@@H](CC(=O)O)C(=O)N[C@@H](CC(N)=O)C(=O)N[C@@H](CCC(=O)O)C(=O)N[C@@H](CCC(=O)O)C(=O)N[C@H](C(=O)N[C@@H](CCC(N)=O)C(=O)N[C@H](C(=O)N[C@@H](CCCN=C(N)N)C(=O)O)C(C)C)[C@@H](C)O. The van der Waals surface area contributed by atoms with E-state index in [0.717, 1.165) is 6.92 Å². The molecule has 0 spiro atoms. The number of nitrogens with two attached hydrogens (primary N) is 5. The average Bonchev–Trinajstić information content (AvgIpc) is 3.34. The van der Waals surface area contributed by atoms with E-state index < -0.39 is 213 Å². The number of aliphatic carboxylic acids is 4. The van der Waals surface area contributed by atoms with Gasteiger partial charge >= 0.3 is 23.9 Å². The zero-order valence-electron chi connectivity index (χ0n) is 45.3. The largest absolute Gasteiger partial charge is 0.481 e. The molecule has 0 bridgehead atoms. The predicted molar refractivity (Wildman–Crippen MR) is 278 cm³/mol. The first-order valence-electron chi connectivity index (χ1n) is 25.2. The fraction of sp³-hybridized carbons (Fsp3) is 0.652. The number of carbonyl (C=O) groups excluding carboxylic acids is 11. The average molecular weight is 1160 g/mol. The van der Waals surface area contributed by atoms with Crippen LogP contribution < -0.4 is 76.5 Å². The molecule has 0 saturated heterocycles. The third-order valence-electron chi connectivity index (χ3n) is 11.3. The summed E-state index contributed by atoms with van der Waals surface area (Å²) in [5.41, 5.74) is 26.9. The lowest BCUT2D eigenvalue weighted by Crippen LogP contribution is -2.62. The maximum atomic E-state index is 13.9. The van der Waals surface area contributed by atoms with Gasteiger partial charge in [0.05, 0.1) is 31.5 Å². The molecule has 10 atom stereocenters. The Morgan fingerprint density at radius 3 is 1.30 bits per heavy atom. The lowest BCUT2D eigenvalue weighted by atomic mass is 10.0. The van der Waals surface area contributed by atoms with E-state index in [1.54, 1.807) is 13.8 Å². The monoisotopic (exact) mass is 1160 g/mol.